The quantitative estimate of drug-likeness (QED) is 0.0542. The minimum Gasteiger partial charge on any atom is -0.407 e. The van der Waals surface area contributed by atoms with Gasteiger partial charge in [-0.05, 0) is 73.7 Å². The van der Waals surface area contributed by atoms with Crippen molar-refractivity contribution in [1.82, 2.24) is 43.7 Å². The number of aromatic nitrogens is 10. The van der Waals surface area contributed by atoms with Gasteiger partial charge in [0, 0.05) is 40.6 Å². The Morgan fingerprint density at radius 2 is 0.652 bits per heavy atom. The Kier molecular flexibility index (Phi) is 30.0. The second-order valence-corrected chi connectivity index (χ2v) is 61.2. The van der Waals surface area contributed by atoms with Crippen LogP contribution in [0.15, 0.2) is 0 Å². The Morgan fingerprint density at radius 1 is 0.375 bits per heavy atom. The van der Waals surface area contributed by atoms with Gasteiger partial charge in [-0.2, -0.15) is 26.2 Å². The number of benzene rings is 5. The van der Waals surface area contributed by atoms with Crippen molar-refractivity contribution < 1.29 is 90.4 Å². The predicted octanol–water partition coefficient (Wildman–Crippen LogP) is 12.9. The van der Waals surface area contributed by atoms with Crippen LogP contribution in [0.5, 0.6) is 0 Å². The van der Waals surface area contributed by atoms with Gasteiger partial charge in [-0.25, -0.2) is 26.3 Å². The molecule has 4 saturated heterocycles. The van der Waals surface area contributed by atoms with Crippen LogP contribution in [0, 0.1) is 72.0 Å². The first kappa shape index (κ1) is 90.4. The predicted molar refractivity (Wildman–Crippen MR) is 435 cm³/mol. The topological polar surface area (TPSA) is 221 Å². The first-order chi connectivity index (χ1) is 52.8. The first-order valence-corrected chi connectivity index (χ1v) is 58.3. The molecule has 0 spiro atoms. The molecule has 0 bridgehead atoms. The van der Waals surface area contributed by atoms with E-state index in [4.69, 9.17) is 46.5 Å². The normalized spacial score (nSPS) is 16.8. The summed E-state index contributed by atoms with van der Waals surface area (Å²) in [5.41, 5.74) is 1.51. The third kappa shape index (κ3) is 18.0. The van der Waals surface area contributed by atoms with Crippen LogP contribution in [0.1, 0.15) is 139 Å². The van der Waals surface area contributed by atoms with Crippen molar-refractivity contribution in [3.8, 4) is 0 Å². The minimum atomic E-state index is -3.11. The second kappa shape index (κ2) is 37.2. The molecule has 602 valence electrons. The molecule has 4 fully saturated rings. The van der Waals surface area contributed by atoms with Crippen molar-refractivity contribution in [2.24, 2.45) is 0 Å². The van der Waals surface area contributed by atoms with E-state index in [2.05, 4.69) is 64.5 Å². The smallest absolute Gasteiger partial charge is 0.407 e. The molecule has 4 aliphatic rings. The molecule has 112 heavy (non-hydrogen) atoms. The number of halogens is 10. The van der Waals surface area contributed by atoms with E-state index in [0.717, 1.165) is 110 Å². The minimum absolute atomic E-state index is 0.0457. The maximum atomic E-state index is 15.4. The zero-order valence-corrected chi connectivity index (χ0v) is 76.2. The van der Waals surface area contributed by atoms with Gasteiger partial charge < -0.3 is 46.5 Å². The van der Waals surface area contributed by atoms with Crippen LogP contribution in [0.25, 0.3) is 55.2 Å². The zero-order valence-electron chi connectivity index (χ0n) is 66.4. The van der Waals surface area contributed by atoms with Crippen LogP contribution in [-0.4, -0.2) is 186 Å². The molecule has 0 atom stereocenters. The molecule has 5 aromatic carbocycles. The van der Waals surface area contributed by atoms with Gasteiger partial charge in [0.25, 0.3) is 0 Å². The van der Waals surface area contributed by atoms with E-state index in [-0.39, 0.29) is 67.1 Å². The summed E-state index contributed by atoms with van der Waals surface area (Å²) in [7, 11) is -2.47. The van der Waals surface area contributed by atoms with Crippen LogP contribution in [-0.2, 0) is 46.5 Å². The molecule has 0 aliphatic carbocycles. The van der Waals surface area contributed by atoms with E-state index in [1.54, 1.807) is 27.5 Å². The Balaban J connectivity index is 0.000000151. The maximum absolute atomic E-state index is 15.4. The average molecular weight is 1870 g/mol. The summed E-state index contributed by atoms with van der Waals surface area (Å²) < 4.78 is 248. The number of nitrogens with zero attached hydrogens (tertiary/aromatic N) is 10. The van der Waals surface area contributed by atoms with E-state index in [9.17, 15) is 30.7 Å². The Hall–Kier alpha value is -3.91. The van der Waals surface area contributed by atoms with E-state index in [1.807, 2.05) is 70.2 Å². The molecular formula is C69H90B6F10N10O10S5Sn2. The summed E-state index contributed by atoms with van der Waals surface area (Å²) in [6.07, 6.45) is 8.05. The average Bonchev–Trinajstić information content (AvgIpc) is 1.57. The van der Waals surface area contributed by atoms with Gasteiger partial charge in [0.1, 0.15) is 33.1 Å². The largest absolute Gasteiger partial charge is 0.499 e. The molecular weight excluding hydrogens is 1780 g/mol. The van der Waals surface area contributed by atoms with Crippen LogP contribution in [0.2, 0.25) is 41.8 Å². The monoisotopic (exact) mass is 1870 g/mol. The molecule has 0 radical (unpaired) electrons. The summed E-state index contributed by atoms with van der Waals surface area (Å²) in [4.78, 5) is 6.13. The van der Waals surface area contributed by atoms with Crippen molar-refractivity contribution in [2.75, 3.05) is 40.6 Å². The van der Waals surface area contributed by atoms with Gasteiger partial charge in [-0.15, -0.1) is 0 Å². The third-order valence-electron chi connectivity index (χ3n) is 21.3. The second-order valence-electron chi connectivity index (χ2n) is 31.3. The fraction of sp³-hybridized carbons (Fsp3) is 0.565. The van der Waals surface area contributed by atoms with Crippen molar-refractivity contribution in [2.45, 2.75) is 206 Å². The first-order valence-electron chi connectivity index (χ1n) is 37.2. The molecule has 4 aliphatic heterocycles. The number of hydrogen-bond donors (Lipinski definition) is 0. The molecule has 43 heteroatoms. The van der Waals surface area contributed by atoms with E-state index in [1.165, 1.54) is 14.2 Å². The number of fused-ring (bicyclic) bond motifs is 5. The Labute approximate surface area is 676 Å². The SMILES string of the molecule is CC1(C)OB(c2c(F)c(F)c(B3OC(C)(C)C(C)(C)O3)c3nsnc23)OC1(C)C.CCC[CH2][Sn]([CH2]CCC)([CH2]CCC)[c]1c(F)c(F)c(C)c2nsnc12.COB(OC)c1c(F)c(F)c(B(C)C)c2nsnc12.Cc1c(F)c(F)[c]([Sn]([CH3])([CH3])[CH3])c2nsnc12.Fc1c(F)c(B2OCCCO2)c2nsnc2c1B1OCCCO1. The van der Waals surface area contributed by atoms with Gasteiger partial charge in [0.15, 0.2) is 41.6 Å². The van der Waals surface area contributed by atoms with Gasteiger partial charge in [-0.3, -0.25) is 0 Å². The molecule has 5 aromatic heterocycles. The summed E-state index contributed by atoms with van der Waals surface area (Å²) in [5, 5.41) is 0. The van der Waals surface area contributed by atoms with E-state index < -0.39 is 153 Å². The molecule has 0 unspecified atom stereocenters. The molecule has 10 aromatic rings. The van der Waals surface area contributed by atoms with Gasteiger partial charge in [0.2, 0.25) is 0 Å². The zero-order chi connectivity index (χ0) is 82.1. The van der Waals surface area contributed by atoms with Crippen LogP contribution >= 0.6 is 58.6 Å². The van der Waals surface area contributed by atoms with Gasteiger partial charge >= 0.3 is 296 Å². The molecule has 14 rings (SSSR count). The number of rotatable bonds is 19. The summed E-state index contributed by atoms with van der Waals surface area (Å²) >= 11 is -1.10. The van der Waals surface area contributed by atoms with Crippen LogP contribution in [0.3, 0.4) is 0 Å². The summed E-state index contributed by atoms with van der Waals surface area (Å²) in [6.45, 7) is 29.5. The Bertz CT molecular complexity index is 4810. The van der Waals surface area contributed by atoms with Crippen molar-refractivity contribution in [3.05, 3.63) is 69.3 Å². The molecule has 0 amide bonds. The van der Waals surface area contributed by atoms with Crippen molar-refractivity contribution >= 4 is 233 Å². The fourth-order valence-corrected chi connectivity index (χ4v) is 38.5. The van der Waals surface area contributed by atoms with Crippen molar-refractivity contribution in [1.29, 1.82) is 0 Å². The number of unbranched alkanes of at least 4 members (excludes halogenated alkanes) is 3. The van der Waals surface area contributed by atoms with Crippen LogP contribution in [0.4, 0.5) is 43.9 Å². The standard InChI is InChI=1S/C18H24B2F2N2O4S.C12H12B2F2N2O4S.C10H12B2F2N2O2S.2C7H3F2N2S.3C4H9.3CH3.2Sn/c1-15(2)16(3,4)26-19(25-15)9-11(21)12(22)10(14-13(9)23-29-24-14)20-27-17(5,6)18(7,8)28-20;15-9-7(13-19-3-1-4-20-13)11-12(18-23-17-11)8(10(9)16)14-21-5-2-6-22-14;1-11(2)5-7(13)8(14)6(12(17-3)18-4)10-9(5)15-19-16-10;2*1-3-6(9)4(8)2-5-7(3)11-12-10-5;3*1-3-4-2;;;;;/h1-8H3;1-6H2;1-4H3;2*1H3;3*1,3-4H2,2H3;3*1H3;;. The summed E-state index contributed by atoms with van der Waals surface area (Å²) in [6, 6.07) is 0. The summed E-state index contributed by atoms with van der Waals surface area (Å²) in [5.74, 6) is -8.95. The molecule has 0 saturated carbocycles. The van der Waals surface area contributed by atoms with Gasteiger partial charge in [-0.1, -0.05) is 13.6 Å². The van der Waals surface area contributed by atoms with Gasteiger partial charge in [0.05, 0.1) is 84.9 Å². The van der Waals surface area contributed by atoms with Crippen molar-refractivity contribution in [3.63, 3.8) is 0 Å². The molecule has 9 heterocycles. The number of aryl methyl sites for hydroxylation is 2. The number of hydrogen-bond acceptors (Lipinski definition) is 25. The maximum Gasteiger partial charge on any atom is 0.499 e. The molecule has 20 nitrogen and oxygen atoms in total. The van der Waals surface area contributed by atoms with E-state index in [0.29, 0.717) is 85.1 Å². The fourth-order valence-electron chi connectivity index (χ4n) is 13.7. The van der Waals surface area contributed by atoms with E-state index >= 15 is 13.2 Å². The third-order valence-corrected chi connectivity index (χ3v) is 45.1. The van der Waals surface area contributed by atoms with Crippen LogP contribution < -0.4 is 39.9 Å². The Morgan fingerprint density at radius 3 is 0.964 bits per heavy atom. The molecule has 0 N–H and O–H groups in total.